The second-order valence-electron chi connectivity index (χ2n) is 3.53. The van der Waals surface area contributed by atoms with Gasteiger partial charge in [-0.2, -0.15) is 0 Å². The number of aliphatic hydroxyl groups is 1. The summed E-state index contributed by atoms with van der Waals surface area (Å²) in [4.78, 5) is 12.2. The Bertz CT molecular complexity index is 578. The Balaban J connectivity index is 2.18. The minimum absolute atomic E-state index is 0.0834. The average molecular weight is 272 g/mol. The van der Waals surface area contributed by atoms with Gasteiger partial charge in [0, 0.05) is 17.1 Å². The van der Waals surface area contributed by atoms with E-state index in [0.717, 1.165) is 6.07 Å². The second kappa shape index (κ2) is 4.91. The second-order valence-corrected chi connectivity index (χ2v) is 5.28. The van der Waals surface area contributed by atoms with Crippen molar-refractivity contribution in [2.45, 2.75) is 12.6 Å². The van der Waals surface area contributed by atoms with Crippen molar-refractivity contribution < 1.29 is 10.2 Å². The van der Waals surface area contributed by atoms with Crippen LogP contribution < -0.4 is 5.56 Å². The number of halogens is 1. The first-order valence-corrected chi connectivity index (χ1v) is 6.08. The number of nitrogens with zero attached hydrogens (tertiary/aromatic N) is 1. The van der Waals surface area contributed by atoms with Crippen LogP contribution in [0.1, 0.15) is 11.0 Å². The molecule has 0 saturated heterocycles. The Morgan fingerprint density at radius 3 is 2.76 bits per heavy atom. The zero-order chi connectivity index (χ0) is 12.4. The molecule has 6 heteroatoms. The SMILES string of the molecule is O=c1cc(O)ccn1CC(O)c1ccc(Cl)s1. The number of aromatic nitrogens is 1. The fourth-order valence-corrected chi connectivity index (χ4v) is 2.47. The molecule has 0 aliphatic heterocycles. The van der Waals surface area contributed by atoms with E-state index in [4.69, 9.17) is 16.7 Å². The zero-order valence-corrected chi connectivity index (χ0v) is 10.3. The van der Waals surface area contributed by atoms with Gasteiger partial charge < -0.3 is 14.8 Å². The average Bonchev–Trinajstić information content (AvgIpc) is 2.69. The van der Waals surface area contributed by atoms with Crippen LogP contribution in [0.15, 0.2) is 35.3 Å². The van der Waals surface area contributed by atoms with Gasteiger partial charge in [-0.05, 0) is 18.2 Å². The summed E-state index contributed by atoms with van der Waals surface area (Å²) in [5.41, 5.74) is -0.355. The van der Waals surface area contributed by atoms with E-state index >= 15 is 0 Å². The molecule has 0 amide bonds. The van der Waals surface area contributed by atoms with Crippen molar-refractivity contribution in [1.82, 2.24) is 4.57 Å². The number of hydrogen-bond donors (Lipinski definition) is 2. The lowest BCUT2D eigenvalue weighted by Crippen LogP contribution is -2.21. The van der Waals surface area contributed by atoms with Crippen LogP contribution in [0.2, 0.25) is 4.34 Å². The van der Waals surface area contributed by atoms with Gasteiger partial charge in [0.2, 0.25) is 0 Å². The molecule has 0 aromatic carbocycles. The Labute approximate surface area is 106 Å². The molecule has 0 fully saturated rings. The number of aliphatic hydroxyl groups excluding tert-OH is 1. The lowest BCUT2D eigenvalue weighted by atomic mass is 10.3. The summed E-state index contributed by atoms with van der Waals surface area (Å²) >= 11 is 7.04. The molecule has 90 valence electrons. The maximum absolute atomic E-state index is 11.5. The van der Waals surface area contributed by atoms with Gasteiger partial charge in [0.1, 0.15) is 11.9 Å². The predicted octanol–water partition coefficient (Wildman–Crippen LogP) is 2.00. The number of aromatic hydroxyl groups is 1. The van der Waals surface area contributed by atoms with E-state index in [9.17, 15) is 9.90 Å². The maximum Gasteiger partial charge on any atom is 0.254 e. The monoisotopic (exact) mass is 271 g/mol. The molecular weight excluding hydrogens is 262 g/mol. The molecule has 4 nitrogen and oxygen atoms in total. The van der Waals surface area contributed by atoms with E-state index in [-0.39, 0.29) is 17.9 Å². The van der Waals surface area contributed by atoms with Crippen LogP contribution in [0.25, 0.3) is 0 Å². The number of thiophene rings is 1. The molecule has 2 rings (SSSR count). The third-order valence-corrected chi connectivity index (χ3v) is 3.60. The molecule has 17 heavy (non-hydrogen) atoms. The van der Waals surface area contributed by atoms with E-state index in [1.807, 2.05) is 0 Å². The van der Waals surface area contributed by atoms with Crippen molar-refractivity contribution in [2.75, 3.05) is 0 Å². The van der Waals surface area contributed by atoms with Gasteiger partial charge >= 0.3 is 0 Å². The number of hydrogen-bond acceptors (Lipinski definition) is 4. The van der Waals surface area contributed by atoms with Crippen molar-refractivity contribution in [3.8, 4) is 5.75 Å². The molecule has 1 unspecified atom stereocenters. The van der Waals surface area contributed by atoms with E-state index in [1.165, 1.54) is 28.2 Å². The van der Waals surface area contributed by atoms with Gasteiger partial charge in [0.25, 0.3) is 5.56 Å². The van der Waals surface area contributed by atoms with Crippen LogP contribution in [-0.4, -0.2) is 14.8 Å². The van der Waals surface area contributed by atoms with Crippen molar-refractivity contribution in [3.63, 3.8) is 0 Å². The highest BCUT2D eigenvalue weighted by Crippen LogP contribution is 2.27. The lowest BCUT2D eigenvalue weighted by molar-refractivity contribution is 0.158. The van der Waals surface area contributed by atoms with Gasteiger partial charge in [-0.15, -0.1) is 11.3 Å². The summed E-state index contributed by atoms with van der Waals surface area (Å²) in [6.07, 6.45) is 0.658. The van der Waals surface area contributed by atoms with Crippen molar-refractivity contribution in [1.29, 1.82) is 0 Å². The third kappa shape index (κ3) is 2.88. The van der Waals surface area contributed by atoms with Crippen molar-refractivity contribution in [3.05, 3.63) is 50.0 Å². The predicted molar refractivity (Wildman–Crippen MR) is 66.7 cm³/mol. The first-order valence-electron chi connectivity index (χ1n) is 4.89. The van der Waals surface area contributed by atoms with Crippen LogP contribution in [0, 0.1) is 0 Å². The Morgan fingerprint density at radius 1 is 1.41 bits per heavy atom. The van der Waals surface area contributed by atoms with E-state index < -0.39 is 6.10 Å². The molecule has 2 N–H and O–H groups in total. The molecule has 0 bridgehead atoms. The van der Waals surface area contributed by atoms with E-state index in [0.29, 0.717) is 9.21 Å². The molecule has 0 aliphatic rings. The molecule has 0 aliphatic carbocycles. The van der Waals surface area contributed by atoms with Gasteiger partial charge in [0.05, 0.1) is 10.9 Å². The summed E-state index contributed by atoms with van der Waals surface area (Å²) in [7, 11) is 0. The largest absolute Gasteiger partial charge is 0.508 e. The first kappa shape index (κ1) is 12.2. The zero-order valence-electron chi connectivity index (χ0n) is 8.71. The Morgan fingerprint density at radius 2 is 2.18 bits per heavy atom. The van der Waals surface area contributed by atoms with Gasteiger partial charge in [-0.1, -0.05) is 11.6 Å². The van der Waals surface area contributed by atoms with Crippen LogP contribution in [-0.2, 0) is 6.54 Å². The highest BCUT2D eigenvalue weighted by molar-refractivity contribution is 7.16. The fourth-order valence-electron chi connectivity index (χ4n) is 1.43. The normalized spacial score (nSPS) is 12.6. The van der Waals surface area contributed by atoms with Crippen LogP contribution >= 0.6 is 22.9 Å². The van der Waals surface area contributed by atoms with Gasteiger partial charge in [0.15, 0.2) is 0 Å². The van der Waals surface area contributed by atoms with Crippen molar-refractivity contribution in [2.24, 2.45) is 0 Å². The minimum Gasteiger partial charge on any atom is -0.508 e. The fraction of sp³-hybridized carbons (Fsp3) is 0.182. The highest BCUT2D eigenvalue weighted by atomic mass is 35.5. The summed E-state index contributed by atoms with van der Waals surface area (Å²) in [6.45, 7) is 0.135. The summed E-state index contributed by atoms with van der Waals surface area (Å²) in [5, 5.41) is 19.0. The van der Waals surface area contributed by atoms with E-state index in [1.54, 1.807) is 12.1 Å². The quantitative estimate of drug-likeness (QED) is 0.898. The molecule has 2 heterocycles. The standard InChI is InChI=1S/C11H10ClNO3S/c12-10-2-1-9(17-10)8(15)6-13-4-3-7(14)5-11(13)16/h1-5,8,14-15H,6H2. The number of rotatable bonds is 3. The van der Waals surface area contributed by atoms with Crippen molar-refractivity contribution >= 4 is 22.9 Å². The van der Waals surface area contributed by atoms with Crippen LogP contribution in [0.3, 0.4) is 0 Å². The lowest BCUT2D eigenvalue weighted by Gasteiger charge is -2.10. The molecular formula is C11H10ClNO3S. The maximum atomic E-state index is 11.5. The molecule has 0 radical (unpaired) electrons. The molecule has 0 saturated carbocycles. The molecule has 0 spiro atoms. The summed E-state index contributed by atoms with van der Waals surface area (Å²) in [6, 6.07) is 5.93. The summed E-state index contributed by atoms with van der Waals surface area (Å²) in [5.74, 6) is -0.0834. The Hall–Kier alpha value is -1.30. The smallest absolute Gasteiger partial charge is 0.254 e. The topological polar surface area (TPSA) is 62.5 Å². The molecule has 2 aromatic heterocycles. The van der Waals surface area contributed by atoms with E-state index in [2.05, 4.69) is 0 Å². The number of pyridine rings is 1. The Kier molecular flexibility index (Phi) is 3.51. The third-order valence-electron chi connectivity index (χ3n) is 2.27. The summed E-state index contributed by atoms with van der Waals surface area (Å²) < 4.78 is 1.93. The minimum atomic E-state index is -0.783. The molecule has 1 atom stereocenters. The first-order chi connectivity index (χ1) is 8.06. The highest BCUT2D eigenvalue weighted by Gasteiger charge is 2.11. The van der Waals surface area contributed by atoms with Gasteiger partial charge in [-0.3, -0.25) is 4.79 Å². The molecule has 2 aromatic rings. The van der Waals surface area contributed by atoms with Crippen LogP contribution in [0.5, 0.6) is 5.75 Å². The van der Waals surface area contributed by atoms with Gasteiger partial charge in [-0.25, -0.2) is 0 Å². The van der Waals surface area contributed by atoms with Crippen LogP contribution in [0.4, 0.5) is 0 Å².